The van der Waals surface area contributed by atoms with Crippen LogP contribution in [-0.2, 0) is 4.74 Å². The molecule has 1 aromatic carbocycles. The molecule has 5 heteroatoms. The molecule has 0 spiro atoms. The third-order valence-electron chi connectivity index (χ3n) is 3.24. The van der Waals surface area contributed by atoms with Gasteiger partial charge in [-0.25, -0.2) is 0 Å². The van der Waals surface area contributed by atoms with Crippen LogP contribution in [0.3, 0.4) is 0 Å². The largest absolute Gasteiger partial charge is 0.423 e. The Labute approximate surface area is 105 Å². The van der Waals surface area contributed by atoms with Crippen LogP contribution in [-0.4, -0.2) is 42.0 Å². The van der Waals surface area contributed by atoms with E-state index < -0.39 is 0 Å². The van der Waals surface area contributed by atoms with Crippen molar-refractivity contribution < 1.29 is 14.3 Å². The number of aromatic nitrogens is 1. The van der Waals surface area contributed by atoms with Crippen molar-refractivity contribution in [3.05, 3.63) is 24.3 Å². The van der Waals surface area contributed by atoms with Gasteiger partial charge in [-0.3, -0.25) is 0 Å². The predicted octanol–water partition coefficient (Wildman–Crippen LogP) is 1.41. The third-order valence-corrected chi connectivity index (χ3v) is 3.24. The Morgan fingerprint density at radius 1 is 1.44 bits per heavy atom. The second kappa shape index (κ2) is 4.59. The molecule has 2 heterocycles. The molecule has 0 bridgehead atoms. The first kappa shape index (κ1) is 11.5. The number of benzene rings is 1. The molecular formula is C13H16N2O3. The summed E-state index contributed by atoms with van der Waals surface area (Å²) in [5, 5.41) is 9.18. The van der Waals surface area contributed by atoms with Gasteiger partial charge in [-0.15, -0.1) is 0 Å². The fourth-order valence-corrected chi connectivity index (χ4v) is 2.18. The summed E-state index contributed by atoms with van der Waals surface area (Å²) in [6.45, 7) is 3.25. The number of hydrogen-bond acceptors (Lipinski definition) is 5. The number of morpholine rings is 1. The van der Waals surface area contributed by atoms with Crippen molar-refractivity contribution in [2.75, 3.05) is 24.7 Å². The van der Waals surface area contributed by atoms with Gasteiger partial charge in [0.1, 0.15) is 5.52 Å². The Balaban J connectivity index is 1.92. The number of ether oxygens (including phenoxy) is 1. The van der Waals surface area contributed by atoms with Gasteiger partial charge < -0.3 is 19.2 Å². The first-order valence-corrected chi connectivity index (χ1v) is 6.12. The van der Waals surface area contributed by atoms with Crippen molar-refractivity contribution in [1.82, 2.24) is 4.98 Å². The highest BCUT2D eigenvalue weighted by Crippen LogP contribution is 2.25. The zero-order valence-electron chi connectivity index (χ0n) is 10.2. The molecule has 1 aliphatic heterocycles. The number of rotatable bonds is 2. The maximum absolute atomic E-state index is 9.18. The second-order valence-corrected chi connectivity index (χ2v) is 4.60. The van der Waals surface area contributed by atoms with E-state index in [1.165, 1.54) is 0 Å². The number of fused-ring (bicyclic) bond motifs is 1. The Morgan fingerprint density at radius 3 is 3.06 bits per heavy atom. The van der Waals surface area contributed by atoms with E-state index in [1.54, 1.807) is 0 Å². The summed E-state index contributed by atoms with van der Waals surface area (Å²) in [6, 6.07) is 8.49. The van der Waals surface area contributed by atoms with E-state index in [0.717, 1.165) is 11.1 Å². The third kappa shape index (κ3) is 1.95. The standard InChI is InChI=1S/C13H16N2O3/c1-9-8-17-10(7-16)6-15(9)13-14-11-4-2-3-5-12(11)18-13/h2-5,9-10,16H,6-8H2,1H3. The lowest BCUT2D eigenvalue weighted by Gasteiger charge is -2.36. The van der Waals surface area contributed by atoms with E-state index in [0.29, 0.717) is 19.2 Å². The first-order chi connectivity index (χ1) is 8.78. The van der Waals surface area contributed by atoms with Crippen molar-refractivity contribution >= 4 is 17.1 Å². The molecule has 0 radical (unpaired) electrons. The van der Waals surface area contributed by atoms with Gasteiger partial charge in [-0.05, 0) is 19.1 Å². The molecule has 2 unspecified atom stereocenters. The molecule has 2 atom stereocenters. The fraction of sp³-hybridized carbons (Fsp3) is 0.462. The summed E-state index contributed by atoms with van der Waals surface area (Å²) in [5.41, 5.74) is 1.64. The van der Waals surface area contributed by atoms with Crippen molar-refractivity contribution in [3.8, 4) is 0 Å². The molecule has 0 aliphatic carbocycles. The summed E-state index contributed by atoms with van der Waals surface area (Å²) in [6.07, 6.45) is -0.170. The summed E-state index contributed by atoms with van der Waals surface area (Å²) < 4.78 is 11.3. The van der Waals surface area contributed by atoms with Crippen LogP contribution in [0.5, 0.6) is 0 Å². The van der Waals surface area contributed by atoms with E-state index in [9.17, 15) is 5.11 Å². The van der Waals surface area contributed by atoms with Crippen molar-refractivity contribution in [3.63, 3.8) is 0 Å². The zero-order valence-corrected chi connectivity index (χ0v) is 10.2. The highest BCUT2D eigenvalue weighted by Gasteiger charge is 2.28. The molecule has 1 aliphatic rings. The maximum Gasteiger partial charge on any atom is 0.298 e. The van der Waals surface area contributed by atoms with Crippen LogP contribution in [0.15, 0.2) is 28.7 Å². The Bertz CT molecular complexity index is 507. The van der Waals surface area contributed by atoms with E-state index in [4.69, 9.17) is 9.15 Å². The lowest BCUT2D eigenvalue weighted by molar-refractivity contribution is -0.0117. The van der Waals surface area contributed by atoms with Crippen molar-refractivity contribution in [1.29, 1.82) is 0 Å². The van der Waals surface area contributed by atoms with Crippen LogP contribution in [0, 0.1) is 0 Å². The molecule has 2 aromatic rings. The van der Waals surface area contributed by atoms with Crippen molar-refractivity contribution in [2.45, 2.75) is 19.1 Å². The summed E-state index contributed by atoms with van der Waals surface area (Å²) in [4.78, 5) is 6.52. The molecule has 96 valence electrons. The number of para-hydroxylation sites is 2. The molecule has 18 heavy (non-hydrogen) atoms. The smallest absolute Gasteiger partial charge is 0.298 e. The molecule has 0 saturated carbocycles. The normalized spacial score (nSPS) is 24.7. The molecule has 1 fully saturated rings. The highest BCUT2D eigenvalue weighted by molar-refractivity contribution is 5.74. The molecule has 1 N–H and O–H groups in total. The van der Waals surface area contributed by atoms with Crippen LogP contribution in [0.1, 0.15) is 6.92 Å². The molecule has 5 nitrogen and oxygen atoms in total. The average Bonchev–Trinajstić information content (AvgIpc) is 2.82. The summed E-state index contributed by atoms with van der Waals surface area (Å²) in [5.74, 6) is 0. The maximum atomic E-state index is 9.18. The van der Waals surface area contributed by atoms with Crippen LogP contribution >= 0.6 is 0 Å². The summed E-state index contributed by atoms with van der Waals surface area (Å²) >= 11 is 0. The number of nitrogens with zero attached hydrogens (tertiary/aromatic N) is 2. The minimum absolute atomic E-state index is 0.0173. The lowest BCUT2D eigenvalue weighted by atomic mass is 10.2. The van der Waals surface area contributed by atoms with Crippen LogP contribution < -0.4 is 4.90 Å². The predicted molar refractivity (Wildman–Crippen MR) is 67.6 cm³/mol. The van der Waals surface area contributed by atoms with Crippen LogP contribution in [0.2, 0.25) is 0 Å². The molecule has 3 rings (SSSR count). The van der Waals surface area contributed by atoms with Gasteiger partial charge in [0, 0.05) is 0 Å². The lowest BCUT2D eigenvalue weighted by Crippen LogP contribution is -2.49. The van der Waals surface area contributed by atoms with Gasteiger partial charge in [-0.1, -0.05) is 12.1 Å². The van der Waals surface area contributed by atoms with E-state index >= 15 is 0 Å². The van der Waals surface area contributed by atoms with Gasteiger partial charge in [0.05, 0.1) is 31.9 Å². The number of oxazole rings is 1. The Morgan fingerprint density at radius 2 is 2.28 bits per heavy atom. The Hall–Kier alpha value is -1.59. The van der Waals surface area contributed by atoms with Gasteiger partial charge >= 0.3 is 0 Å². The first-order valence-electron chi connectivity index (χ1n) is 6.12. The van der Waals surface area contributed by atoms with Crippen LogP contribution in [0.25, 0.3) is 11.1 Å². The second-order valence-electron chi connectivity index (χ2n) is 4.60. The van der Waals surface area contributed by atoms with Crippen molar-refractivity contribution in [2.24, 2.45) is 0 Å². The van der Waals surface area contributed by atoms with Crippen LogP contribution in [0.4, 0.5) is 6.01 Å². The number of hydrogen-bond donors (Lipinski definition) is 1. The quantitative estimate of drug-likeness (QED) is 0.870. The van der Waals surface area contributed by atoms with E-state index in [2.05, 4.69) is 11.9 Å². The monoisotopic (exact) mass is 248 g/mol. The summed E-state index contributed by atoms with van der Waals surface area (Å²) in [7, 11) is 0. The minimum atomic E-state index is -0.170. The molecule has 1 aromatic heterocycles. The van der Waals surface area contributed by atoms with E-state index in [-0.39, 0.29) is 18.8 Å². The molecule has 0 amide bonds. The topological polar surface area (TPSA) is 58.7 Å². The highest BCUT2D eigenvalue weighted by atomic mass is 16.5. The number of anilines is 1. The van der Waals surface area contributed by atoms with Gasteiger partial charge in [0.15, 0.2) is 5.58 Å². The zero-order chi connectivity index (χ0) is 12.5. The van der Waals surface area contributed by atoms with Gasteiger partial charge in [0.2, 0.25) is 0 Å². The Kier molecular flexibility index (Phi) is 2.93. The SMILES string of the molecule is CC1COC(CO)CN1c1nc2ccccc2o1. The van der Waals surface area contributed by atoms with Gasteiger partial charge in [-0.2, -0.15) is 4.98 Å². The molecular weight excluding hydrogens is 232 g/mol. The number of aliphatic hydroxyl groups is 1. The van der Waals surface area contributed by atoms with E-state index in [1.807, 2.05) is 29.2 Å². The van der Waals surface area contributed by atoms with Gasteiger partial charge in [0.25, 0.3) is 6.01 Å². The molecule has 1 saturated heterocycles. The fourth-order valence-electron chi connectivity index (χ4n) is 2.18. The minimum Gasteiger partial charge on any atom is -0.423 e. The average molecular weight is 248 g/mol. The number of aliphatic hydroxyl groups excluding tert-OH is 1.